The van der Waals surface area contributed by atoms with Crippen molar-refractivity contribution in [2.45, 2.75) is 6.92 Å². The number of anilines is 1. The van der Waals surface area contributed by atoms with Crippen LogP contribution < -0.4 is 4.90 Å². The van der Waals surface area contributed by atoms with Gasteiger partial charge in [0.25, 0.3) is 0 Å². The normalized spacial score (nSPS) is 11.1. The number of pyridine rings is 1. The second-order valence-electron chi connectivity index (χ2n) is 6.16. The summed E-state index contributed by atoms with van der Waals surface area (Å²) in [5.74, 6) is 0.722. The zero-order chi connectivity index (χ0) is 16.7. The number of fused-ring (bicyclic) bond motifs is 2. The lowest BCUT2D eigenvalue weighted by Gasteiger charge is -2.11. The molecule has 0 atom stereocenters. The molecule has 24 heavy (non-hydrogen) atoms. The number of hydrogen-bond acceptors (Lipinski definition) is 4. The third-order valence-corrected chi connectivity index (χ3v) is 4.15. The topological polar surface area (TPSA) is 41.9 Å². The summed E-state index contributed by atoms with van der Waals surface area (Å²) in [5.41, 5.74) is 5.33. The van der Waals surface area contributed by atoms with Crippen LogP contribution in [-0.4, -0.2) is 29.0 Å². The molecule has 2 aromatic carbocycles. The van der Waals surface area contributed by atoms with Crippen LogP contribution >= 0.6 is 0 Å². The predicted molar refractivity (Wildman–Crippen MR) is 99.3 cm³/mol. The van der Waals surface area contributed by atoms with E-state index in [0.29, 0.717) is 0 Å². The van der Waals surface area contributed by atoms with Crippen molar-refractivity contribution in [1.82, 2.24) is 15.0 Å². The second-order valence-corrected chi connectivity index (χ2v) is 6.16. The molecule has 118 valence electrons. The van der Waals surface area contributed by atoms with Crippen LogP contribution in [-0.2, 0) is 0 Å². The zero-order valence-corrected chi connectivity index (χ0v) is 14.0. The number of nitrogens with zero attached hydrogens (tertiary/aromatic N) is 4. The molecule has 4 aromatic rings. The molecule has 4 nitrogen and oxygen atoms in total. The van der Waals surface area contributed by atoms with Crippen LogP contribution in [0.15, 0.2) is 54.7 Å². The summed E-state index contributed by atoms with van der Waals surface area (Å²) in [7, 11) is 3.89. The van der Waals surface area contributed by atoms with Gasteiger partial charge in [-0.05, 0) is 42.3 Å². The molecule has 0 bridgehead atoms. The lowest BCUT2D eigenvalue weighted by molar-refractivity contribution is 1.02. The van der Waals surface area contributed by atoms with Crippen molar-refractivity contribution < 1.29 is 0 Å². The average molecular weight is 314 g/mol. The molecule has 4 heteroatoms. The van der Waals surface area contributed by atoms with Gasteiger partial charge < -0.3 is 4.90 Å². The lowest BCUT2D eigenvalue weighted by atomic mass is 9.99. The number of benzene rings is 2. The van der Waals surface area contributed by atoms with Gasteiger partial charge in [0.2, 0.25) is 5.95 Å². The Morgan fingerprint density at radius 3 is 2.58 bits per heavy atom. The van der Waals surface area contributed by atoms with Crippen LogP contribution in [0.3, 0.4) is 0 Å². The molecule has 0 saturated heterocycles. The van der Waals surface area contributed by atoms with Crippen LogP contribution in [0.25, 0.3) is 32.9 Å². The fraction of sp³-hybridized carbons (Fsp3) is 0.150. The third kappa shape index (κ3) is 2.46. The highest BCUT2D eigenvalue weighted by atomic mass is 15.2. The highest BCUT2D eigenvalue weighted by molar-refractivity contribution is 5.97. The predicted octanol–water partition coefficient (Wildman–Crippen LogP) is 4.22. The van der Waals surface area contributed by atoms with Crippen molar-refractivity contribution in [3.63, 3.8) is 0 Å². The Hall–Kier alpha value is -3.01. The van der Waals surface area contributed by atoms with E-state index < -0.39 is 0 Å². The van der Waals surface area contributed by atoms with Gasteiger partial charge in [0.15, 0.2) is 0 Å². The van der Waals surface area contributed by atoms with E-state index in [1.807, 2.05) is 32.1 Å². The van der Waals surface area contributed by atoms with Crippen LogP contribution in [0, 0.1) is 6.92 Å². The van der Waals surface area contributed by atoms with Crippen molar-refractivity contribution in [1.29, 1.82) is 0 Å². The Bertz CT molecular complexity index is 1050. The maximum absolute atomic E-state index is 4.62. The van der Waals surface area contributed by atoms with Crippen LogP contribution in [0.1, 0.15) is 5.69 Å². The Kier molecular flexibility index (Phi) is 3.38. The summed E-state index contributed by atoms with van der Waals surface area (Å²) in [5, 5.41) is 2.20. The molecule has 0 unspecified atom stereocenters. The van der Waals surface area contributed by atoms with Gasteiger partial charge in [0.1, 0.15) is 0 Å². The molecular weight excluding hydrogens is 296 g/mol. The molecule has 0 radical (unpaired) electrons. The van der Waals surface area contributed by atoms with Crippen molar-refractivity contribution in [2.75, 3.05) is 19.0 Å². The minimum atomic E-state index is 0.722. The van der Waals surface area contributed by atoms with E-state index in [9.17, 15) is 0 Å². The summed E-state index contributed by atoms with van der Waals surface area (Å²) in [6.07, 6.45) is 1.88. The van der Waals surface area contributed by atoms with E-state index in [2.05, 4.69) is 63.5 Å². The number of hydrogen-bond donors (Lipinski definition) is 0. The van der Waals surface area contributed by atoms with Crippen LogP contribution in [0.5, 0.6) is 0 Å². The first kappa shape index (κ1) is 14.6. The van der Waals surface area contributed by atoms with Gasteiger partial charge in [-0.1, -0.05) is 24.3 Å². The molecule has 2 heterocycles. The van der Waals surface area contributed by atoms with Crippen molar-refractivity contribution in [3.8, 4) is 11.1 Å². The lowest BCUT2D eigenvalue weighted by Crippen LogP contribution is -2.12. The van der Waals surface area contributed by atoms with Crippen molar-refractivity contribution in [3.05, 3.63) is 60.4 Å². The van der Waals surface area contributed by atoms with E-state index >= 15 is 0 Å². The summed E-state index contributed by atoms with van der Waals surface area (Å²) >= 11 is 0. The summed E-state index contributed by atoms with van der Waals surface area (Å²) in [6.45, 7) is 2.02. The van der Waals surface area contributed by atoms with Gasteiger partial charge in [-0.2, -0.15) is 0 Å². The average Bonchev–Trinajstić information content (AvgIpc) is 2.60. The highest BCUT2D eigenvalue weighted by Crippen LogP contribution is 2.30. The molecule has 0 aliphatic carbocycles. The number of aryl methyl sites for hydroxylation is 1. The molecule has 0 aliphatic rings. The molecule has 0 N–H and O–H groups in total. The van der Waals surface area contributed by atoms with E-state index in [-0.39, 0.29) is 0 Å². The van der Waals surface area contributed by atoms with E-state index in [4.69, 9.17) is 0 Å². The van der Waals surface area contributed by atoms with Crippen molar-refractivity contribution in [2.24, 2.45) is 0 Å². The largest absolute Gasteiger partial charge is 0.347 e. The Morgan fingerprint density at radius 1 is 0.875 bits per heavy atom. The van der Waals surface area contributed by atoms with Crippen LogP contribution in [0.2, 0.25) is 0 Å². The van der Waals surface area contributed by atoms with Crippen molar-refractivity contribution >= 4 is 27.8 Å². The standard InChI is InChI=1S/C20H18N4/c1-13-7-9-17-16(5-4-6-19(17)22-13)14-8-10-18-15(11-14)12-21-20(23-18)24(2)3/h4-12H,1-3H3. The first-order valence-electron chi connectivity index (χ1n) is 7.93. The molecule has 0 saturated carbocycles. The molecule has 4 rings (SSSR count). The summed E-state index contributed by atoms with van der Waals surface area (Å²) in [6, 6.07) is 16.8. The minimum Gasteiger partial charge on any atom is -0.347 e. The van der Waals surface area contributed by atoms with E-state index in [0.717, 1.165) is 39.0 Å². The first-order valence-corrected chi connectivity index (χ1v) is 7.93. The maximum atomic E-state index is 4.62. The van der Waals surface area contributed by atoms with Gasteiger partial charge >= 0.3 is 0 Å². The summed E-state index contributed by atoms with van der Waals surface area (Å²) in [4.78, 5) is 15.5. The van der Waals surface area contributed by atoms with Gasteiger partial charge in [-0.25, -0.2) is 9.97 Å². The summed E-state index contributed by atoms with van der Waals surface area (Å²) < 4.78 is 0. The van der Waals surface area contributed by atoms with Gasteiger partial charge in [0.05, 0.1) is 11.0 Å². The zero-order valence-electron chi connectivity index (χ0n) is 14.0. The molecule has 0 amide bonds. The van der Waals surface area contributed by atoms with Gasteiger partial charge in [0, 0.05) is 36.8 Å². The molecule has 0 aliphatic heterocycles. The highest BCUT2D eigenvalue weighted by Gasteiger charge is 2.07. The smallest absolute Gasteiger partial charge is 0.225 e. The molecule has 2 aromatic heterocycles. The Morgan fingerprint density at radius 2 is 1.75 bits per heavy atom. The third-order valence-electron chi connectivity index (χ3n) is 4.15. The minimum absolute atomic E-state index is 0.722. The molecular formula is C20H18N4. The molecule has 0 fully saturated rings. The fourth-order valence-corrected chi connectivity index (χ4v) is 2.92. The fourth-order valence-electron chi connectivity index (χ4n) is 2.92. The van der Waals surface area contributed by atoms with Gasteiger partial charge in [-0.3, -0.25) is 4.98 Å². The molecule has 0 spiro atoms. The number of aromatic nitrogens is 3. The Labute approximate surface area is 140 Å². The number of rotatable bonds is 2. The Balaban J connectivity index is 1.89. The van der Waals surface area contributed by atoms with E-state index in [1.165, 1.54) is 5.56 Å². The SMILES string of the molecule is Cc1ccc2c(-c3ccc4nc(N(C)C)ncc4c3)cccc2n1. The maximum Gasteiger partial charge on any atom is 0.225 e. The second kappa shape index (κ2) is 5.57. The van der Waals surface area contributed by atoms with E-state index in [1.54, 1.807) is 0 Å². The van der Waals surface area contributed by atoms with Crippen LogP contribution in [0.4, 0.5) is 5.95 Å². The quantitative estimate of drug-likeness (QED) is 0.555. The first-order chi connectivity index (χ1) is 11.6. The van der Waals surface area contributed by atoms with Gasteiger partial charge in [-0.15, -0.1) is 0 Å². The monoisotopic (exact) mass is 314 g/mol.